The fraction of sp³-hybridized carbons (Fsp3) is 0.500. The third kappa shape index (κ3) is 4.97. The summed E-state index contributed by atoms with van der Waals surface area (Å²) < 4.78 is 27.4. The third-order valence-electron chi connectivity index (χ3n) is 2.34. The maximum absolute atomic E-state index is 11.9. The third-order valence-corrected chi connectivity index (χ3v) is 3.88. The van der Waals surface area contributed by atoms with E-state index in [0.29, 0.717) is 0 Å². The van der Waals surface area contributed by atoms with Gasteiger partial charge in [0.1, 0.15) is 4.90 Å². The zero-order valence-corrected chi connectivity index (χ0v) is 11.6. The standard InChI is InChI=1S/C10H16N4O5S/c1-7(4-9(11)15)13-20(18,19)8-5-12-14(6-8)3-2-10(16)17/h5-7,13H,2-4H2,1H3,(H2,11,15)(H,16,17). The summed E-state index contributed by atoms with van der Waals surface area (Å²) in [5, 5.41) is 12.3. The highest BCUT2D eigenvalue weighted by molar-refractivity contribution is 7.89. The summed E-state index contributed by atoms with van der Waals surface area (Å²) >= 11 is 0. The molecule has 0 aliphatic carbocycles. The topological polar surface area (TPSA) is 144 Å². The van der Waals surface area contributed by atoms with Gasteiger partial charge in [0.15, 0.2) is 0 Å². The molecule has 0 saturated carbocycles. The van der Waals surface area contributed by atoms with Crippen LogP contribution in [0.2, 0.25) is 0 Å². The Balaban J connectivity index is 2.73. The van der Waals surface area contributed by atoms with Gasteiger partial charge in [0, 0.05) is 18.7 Å². The second-order valence-electron chi connectivity index (χ2n) is 4.28. The number of nitrogens with one attached hydrogen (secondary N) is 1. The minimum Gasteiger partial charge on any atom is -0.481 e. The number of sulfonamides is 1. The van der Waals surface area contributed by atoms with E-state index in [-0.39, 0.29) is 24.3 Å². The Hall–Kier alpha value is -1.94. The fourth-order valence-corrected chi connectivity index (χ4v) is 2.69. The van der Waals surface area contributed by atoms with Gasteiger partial charge in [-0.1, -0.05) is 0 Å². The summed E-state index contributed by atoms with van der Waals surface area (Å²) in [5.74, 6) is -1.62. The van der Waals surface area contributed by atoms with Crippen molar-refractivity contribution < 1.29 is 23.1 Å². The minimum absolute atomic E-state index is 0.0711. The molecule has 10 heteroatoms. The van der Waals surface area contributed by atoms with Crippen LogP contribution in [0.3, 0.4) is 0 Å². The number of carbonyl (C=O) groups excluding carboxylic acids is 1. The van der Waals surface area contributed by atoms with E-state index in [4.69, 9.17) is 10.8 Å². The van der Waals surface area contributed by atoms with Crippen LogP contribution in [0.1, 0.15) is 19.8 Å². The molecular formula is C10H16N4O5S. The molecule has 1 unspecified atom stereocenters. The smallest absolute Gasteiger partial charge is 0.305 e. The largest absolute Gasteiger partial charge is 0.481 e. The quantitative estimate of drug-likeness (QED) is 0.556. The molecule has 4 N–H and O–H groups in total. The first-order valence-electron chi connectivity index (χ1n) is 5.75. The lowest BCUT2D eigenvalue weighted by molar-refractivity contribution is -0.137. The van der Waals surface area contributed by atoms with Gasteiger partial charge in [-0.2, -0.15) is 5.10 Å². The number of amides is 1. The van der Waals surface area contributed by atoms with Crippen molar-refractivity contribution in [3.05, 3.63) is 12.4 Å². The number of nitrogens with zero attached hydrogens (tertiary/aromatic N) is 2. The second-order valence-corrected chi connectivity index (χ2v) is 5.99. The molecule has 20 heavy (non-hydrogen) atoms. The minimum atomic E-state index is -3.81. The molecule has 1 aromatic heterocycles. The van der Waals surface area contributed by atoms with Crippen molar-refractivity contribution >= 4 is 21.9 Å². The molecule has 112 valence electrons. The molecule has 1 rings (SSSR count). The number of aliphatic carboxylic acids is 1. The van der Waals surface area contributed by atoms with E-state index in [1.54, 1.807) is 0 Å². The van der Waals surface area contributed by atoms with Crippen molar-refractivity contribution in [2.24, 2.45) is 5.73 Å². The number of aromatic nitrogens is 2. The van der Waals surface area contributed by atoms with Crippen LogP contribution in [-0.2, 0) is 26.2 Å². The number of primary amides is 1. The summed E-state index contributed by atoms with van der Waals surface area (Å²) in [7, 11) is -3.81. The van der Waals surface area contributed by atoms with Crippen molar-refractivity contribution in [1.29, 1.82) is 0 Å². The van der Waals surface area contributed by atoms with E-state index >= 15 is 0 Å². The Morgan fingerprint density at radius 2 is 2.20 bits per heavy atom. The van der Waals surface area contributed by atoms with Crippen molar-refractivity contribution in [3.8, 4) is 0 Å². The molecule has 0 bridgehead atoms. The van der Waals surface area contributed by atoms with Crippen LogP contribution >= 0.6 is 0 Å². The lowest BCUT2D eigenvalue weighted by atomic mass is 10.2. The Bertz CT molecular complexity index is 595. The molecule has 0 aliphatic rings. The zero-order chi connectivity index (χ0) is 15.3. The Kier molecular flexibility index (Phi) is 5.22. The summed E-state index contributed by atoms with van der Waals surface area (Å²) in [5.41, 5.74) is 4.98. The first-order chi connectivity index (χ1) is 9.20. The van der Waals surface area contributed by atoms with Gasteiger partial charge < -0.3 is 10.8 Å². The van der Waals surface area contributed by atoms with Gasteiger partial charge >= 0.3 is 5.97 Å². The number of carboxylic acids is 1. The van der Waals surface area contributed by atoms with Gasteiger partial charge in [0.05, 0.1) is 19.2 Å². The average Bonchev–Trinajstić information content (AvgIpc) is 2.73. The molecule has 0 spiro atoms. The normalized spacial score (nSPS) is 13.1. The van der Waals surface area contributed by atoms with E-state index in [1.165, 1.54) is 17.8 Å². The van der Waals surface area contributed by atoms with Crippen LogP contribution in [0.15, 0.2) is 17.3 Å². The first-order valence-corrected chi connectivity index (χ1v) is 7.24. The lowest BCUT2D eigenvalue weighted by Crippen LogP contribution is -2.35. The molecule has 9 nitrogen and oxygen atoms in total. The molecule has 1 aromatic rings. The number of rotatable bonds is 8. The van der Waals surface area contributed by atoms with Crippen molar-refractivity contribution in [3.63, 3.8) is 0 Å². The Morgan fingerprint density at radius 3 is 2.75 bits per heavy atom. The van der Waals surface area contributed by atoms with Crippen molar-refractivity contribution in [1.82, 2.24) is 14.5 Å². The molecule has 1 amide bonds. The predicted octanol–water partition coefficient (Wildman–Crippen LogP) is -1.10. The highest BCUT2D eigenvalue weighted by Crippen LogP contribution is 2.09. The maximum atomic E-state index is 11.9. The molecule has 0 fully saturated rings. The van der Waals surface area contributed by atoms with Crippen LogP contribution in [-0.4, -0.2) is 41.2 Å². The zero-order valence-electron chi connectivity index (χ0n) is 10.8. The van der Waals surface area contributed by atoms with Gasteiger partial charge in [-0.15, -0.1) is 0 Å². The molecule has 0 saturated heterocycles. The highest BCUT2D eigenvalue weighted by Gasteiger charge is 2.20. The van der Waals surface area contributed by atoms with Crippen LogP contribution in [0.5, 0.6) is 0 Å². The summed E-state index contributed by atoms with van der Waals surface area (Å²) in [6, 6.07) is -0.639. The van der Waals surface area contributed by atoms with Gasteiger partial charge in [0.25, 0.3) is 0 Å². The van der Waals surface area contributed by atoms with E-state index in [1.807, 2.05) is 0 Å². The number of hydrogen-bond donors (Lipinski definition) is 3. The van der Waals surface area contributed by atoms with Gasteiger partial charge in [0.2, 0.25) is 15.9 Å². The SMILES string of the molecule is CC(CC(N)=O)NS(=O)(=O)c1cnn(CCC(=O)O)c1. The van der Waals surface area contributed by atoms with Crippen molar-refractivity contribution in [2.45, 2.75) is 37.2 Å². The van der Waals surface area contributed by atoms with Crippen molar-refractivity contribution in [2.75, 3.05) is 0 Å². The predicted molar refractivity (Wildman–Crippen MR) is 68.1 cm³/mol. The Morgan fingerprint density at radius 1 is 1.55 bits per heavy atom. The average molecular weight is 304 g/mol. The monoisotopic (exact) mass is 304 g/mol. The number of hydrogen-bond acceptors (Lipinski definition) is 5. The van der Waals surface area contributed by atoms with E-state index in [2.05, 4.69) is 9.82 Å². The summed E-state index contributed by atoms with van der Waals surface area (Å²) in [6.07, 6.45) is 2.06. The summed E-state index contributed by atoms with van der Waals surface area (Å²) in [4.78, 5) is 21.0. The van der Waals surface area contributed by atoms with Crippen LogP contribution < -0.4 is 10.5 Å². The van der Waals surface area contributed by atoms with Gasteiger partial charge in [-0.3, -0.25) is 14.3 Å². The first kappa shape index (κ1) is 16.1. The number of aryl methyl sites for hydroxylation is 1. The van der Waals surface area contributed by atoms with Crippen LogP contribution in [0, 0.1) is 0 Å². The molecule has 0 aliphatic heterocycles. The van der Waals surface area contributed by atoms with Gasteiger partial charge in [-0.05, 0) is 6.92 Å². The maximum Gasteiger partial charge on any atom is 0.305 e. The van der Waals surface area contributed by atoms with E-state index in [0.717, 1.165) is 6.20 Å². The summed E-state index contributed by atoms with van der Waals surface area (Å²) in [6.45, 7) is 1.58. The number of carboxylic acid groups (broad SMARTS) is 1. The van der Waals surface area contributed by atoms with Gasteiger partial charge in [-0.25, -0.2) is 13.1 Å². The number of nitrogens with two attached hydrogens (primary N) is 1. The lowest BCUT2D eigenvalue weighted by Gasteiger charge is -2.10. The van der Waals surface area contributed by atoms with Crippen LogP contribution in [0.4, 0.5) is 0 Å². The number of carbonyl (C=O) groups is 2. The molecule has 1 atom stereocenters. The second kappa shape index (κ2) is 6.48. The van der Waals surface area contributed by atoms with E-state index in [9.17, 15) is 18.0 Å². The van der Waals surface area contributed by atoms with Crippen LogP contribution in [0.25, 0.3) is 0 Å². The molecule has 0 aromatic carbocycles. The fourth-order valence-electron chi connectivity index (χ4n) is 1.49. The van der Waals surface area contributed by atoms with E-state index < -0.39 is 27.9 Å². The molecular weight excluding hydrogens is 288 g/mol. The molecule has 1 heterocycles. The molecule has 0 radical (unpaired) electrons. The highest BCUT2D eigenvalue weighted by atomic mass is 32.2. The Labute approximate surface area is 115 Å².